The number of carbonyl (C=O) groups is 1. The third-order valence-electron chi connectivity index (χ3n) is 5.96. The summed E-state index contributed by atoms with van der Waals surface area (Å²) in [5, 5.41) is 13.9. The normalized spacial score (nSPS) is 11.6. The first-order chi connectivity index (χ1) is 17.2. The van der Waals surface area contributed by atoms with E-state index in [0.717, 1.165) is 36.4 Å². The highest BCUT2D eigenvalue weighted by molar-refractivity contribution is 5.72. The van der Waals surface area contributed by atoms with Gasteiger partial charge in [0, 0.05) is 23.9 Å². The van der Waals surface area contributed by atoms with E-state index in [-0.39, 0.29) is 12.3 Å². The van der Waals surface area contributed by atoms with Crippen LogP contribution in [0.3, 0.4) is 0 Å². The summed E-state index contributed by atoms with van der Waals surface area (Å²) < 4.78 is 51.5. The smallest absolute Gasteiger partial charge is 0.417 e. The minimum Gasteiger partial charge on any atom is -0.493 e. The van der Waals surface area contributed by atoms with Gasteiger partial charge >= 0.3 is 12.1 Å². The Morgan fingerprint density at radius 3 is 2.47 bits per heavy atom. The number of benzene rings is 1. The number of carboxylic acid groups (broad SMARTS) is 1. The van der Waals surface area contributed by atoms with Crippen LogP contribution in [0.5, 0.6) is 11.5 Å². The van der Waals surface area contributed by atoms with Crippen molar-refractivity contribution < 1.29 is 32.5 Å². The Hall–Kier alpha value is -3.56. The van der Waals surface area contributed by atoms with Crippen LogP contribution in [0.15, 0.2) is 42.7 Å². The molecule has 7 nitrogen and oxygen atoms in total. The predicted molar refractivity (Wildman–Crippen MR) is 128 cm³/mol. The number of rotatable bonds is 12. The third kappa shape index (κ3) is 6.56. The number of aryl methyl sites for hydroxylation is 1. The lowest BCUT2D eigenvalue weighted by Gasteiger charge is -2.15. The van der Waals surface area contributed by atoms with Crippen LogP contribution in [0.25, 0.3) is 5.82 Å². The highest BCUT2D eigenvalue weighted by atomic mass is 19.4. The molecule has 0 amide bonds. The van der Waals surface area contributed by atoms with E-state index < -0.39 is 17.7 Å². The maximum Gasteiger partial charge on any atom is 0.417 e. The fourth-order valence-electron chi connectivity index (χ4n) is 4.07. The summed E-state index contributed by atoms with van der Waals surface area (Å²) in [4.78, 5) is 15.2. The quantitative estimate of drug-likeness (QED) is 0.312. The monoisotopic (exact) mass is 505 g/mol. The predicted octanol–water partition coefficient (Wildman–Crippen LogP) is 5.84. The van der Waals surface area contributed by atoms with Crippen molar-refractivity contribution in [3.05, 3.63) is 65.1 Å². The van der Waals surface area contributed by atoms with E-state index >= 15 is 0 Å². The van der Waals surface area contributed by atoms with Gasteiger partial charge in [-0.25, -0.2) is 9.67 Å². The summed E-state index contributed by atoms with van der Waals surface area (Å²) in [7, 11) is 1.50. The van der Waals surface area contributed by atoms with Crippen molar-refractivity contribution in [1.82, 2.24) is 14.8 Å². The standard InChI is InChI=1S/C26H30F3N3O4/c1-4-17(5-2)24-19(16-32(31-24)22-12-11-20(15-30-22)26(27,28)29)9-7-13-36-25-18(14-23(33)34)8-6-10-21(25)35-3/h6,8,10-12,15-17H,4-5,7,9,13-14H2,1-3H3,(H,33,34). The molecule has 0 unspecified atom stereocenters. The fraction of sp³-hybridized carbons (Fsp3) is 0.423. The molecule has 1 N–H and O–H groups in total. The molecule has 0 radical (unpaired) electrons. The number of halogens is 3. The Kier molecular flexibility index (Phi) is 8.95. The average Bonchev–Trinajstić information content (AvgIpc) is 3.26. The molecule has 2 aromatic heterocycles. The Bertz CT molecular complexity index is 1160. The molecule has 3 aromatic rings. The molecular weight excluding hydrogens is 475 g/mol. The molecule has 0 aliphatic carbocycles. The second-order valence-electron chi connectivity index (χ2n) is 8.37. The zero-order valence-electron chi connectivity index (χ0n) is 20.5. The van der Waals surface area contributed by atoms with Gasteiger partial charge in [0.15, 0.2) is 17.3 Å². The molecule has 0 saturated carbocycles. The number of hydrogen-bond acceptors (Lipinski definition) is 5. The molecule has 0 spiro atoms. The van der Waals surface area contributed by atoms with Gasteiger partial charge in [0.1, 0.15) is 0 Å². The number of methoxy groups -OCH3 is 1. The van der Waals surface area contributed by atoms with Crippen LogP contribution in [-0.4, -0.2) is 39.6 Å². The number of alkyl halides is 3. The Morgan fingerprint density at radius 2 is 1.89 bits per heavy atom. The van der Waals surface area contributed by atoms with Gasteiger partial charge < -0.3 is 14.6 Å². The first-order valence-corrected chi connectivity index (χ1v) is 11.8. The number of para-hydroxylation sites is 1. The van der Waals surface area contributed by atoms with Crippen molar-refractivity contribution in [3.8, 4) is 17.3 Å². The molecule has 0 aliphatic heterocycles. The number of hydrogen-bond donors (Lipinski definition) is 1. The summed E-state index contributed by atoms with van der Waals surface area (Å²) in [6, 6.07) is 7.43. The number of aliphatic carboxylic acids is 1. The second kappa shape index (κ2) is 11.9. The van der Waals surface area contributed by atoms with E-state index in [2.05, 4.69) is 23.9 Å². The van der Waals surface area contributed by atoms with Crippen molar-refractivity contribution in [2.24, 2.45) is 0 Å². The van der Waals surface area contributed by atoms with Gasteiger partial charge in [-0.1, -0.05) is 26.0 Å². The van der Waals surface area contributed by atoms with Gasteiger partial charge in [-0.15, -0.1) is 0 Å². The maximum atomic E-state index is 12.9. The van der Waals surface area contributed by atoms with Gasteiger partial charge in [-0.2, -0.15) is 18.3 Å². The first kappa shape index (κ1) is 27.0. The van der Waals surface area contributed by atoms with Crippen molar-refractivity contribution >= 4 is 5.97 Å². The van der Waals surface area contributed by atoms with E-state index in [1.165, 1.54) is 17.9 Å². The van der Waals surface area contributed by atoms with Crippen LogP contribution in [0.2, 0.25) is 0 Å². The minimum atomic E-state index is -4.45. The van der Waals surface area contributed by atoms with Crippen molar-refractivity contribution in [3.63, 3.8) is 0 Å². The largest absolute Gasteiger partial charge is 0.493 e. The topological polar surface area (TPSA) is 86.5 Å². The van der Waals surface area contributed by atoms with E-state index in [4.69, 9.17) is 9.47 Å². The average molecular weight is 506 g/mol. The zero-order valence-corrected chi connectivity index (χ0v) is 20.5. The van der Waals surface area contributed by atoms with E-state index in [1.807, 2.05) is 6.20 Å². The minimum absolute atomic E-state index is 0.182. The fourth-order valence-corrected chi connectivity index (χ4v) is 4.07. The molecule has 0 fully saturated rings. The molecule has 3 rings (SSSR count). The number of carboxylic acids is 1. The van der Waals surface area contributed by atoms with Crippen LogP contribution in [0.1, 0.15) is 61.4 Å². The van der Waals surface area contributed by atoms with Crippen LogP contribution in [-0.2, 0) is 23.8 Å². The number of pyridine rings is 1. The van der Waals surface area contributed by atoms with Crippen molar-refractivity contribution in [2.75, 3.05) is 13.7 Å². The van der Waals surface area contributed by atoms with Gasteiger partial charge in [-0.3, -0.25) is 4.79 Å². The highest BCUT2D eigenvalue weighted by Crippen LogP contribution is 2.32. The third-order valence-corrected chi connectivity index (χ3v) is 5.96. The van der Waals surface area contributed by atoms with Crippen molar-refractivity contribution in [1.29, 1.82) is 0 Å². The van der Waals surface area contributed by atoms with Crippen LogP contribution >= 0.6 is 0 Å². The molecule has 0 atom stereocenters. The number of ether oxygens (including phenoxy) is 2. The Morgan fingerprint density at radius 1 is 1.14 bits per heavy atom. The molecular formula is C26H30F3N3O4. The second-order valence-corrected chi connectivity index (χ2v) is 8.37. The highest BCUT2D eigenvalue weighted by Gasteiger charge is 2.30. The molecule has 1 aromatic carbocycles. The lowest BCUT2D eigenvalue weighted by Crippen LogP contribution is -2.08. The maximum absolute atomic E-state index is 12.9. The van der Waals surface area contributed by atoms with E-state index in [9.17, 15) is 23.1 Å². The summed E-state index contributed by atoms with van der Waals surface area (Å²) in [5.74, 6) is 0.421. The van der Waals surface area contributed by atoms with Crippen LogP contribution in [0, 0.1) is 0 Å². The van der Waals surface area contributed by atoms with Gasteiger partial charge in [-0.05, 0) is 49.4 Å². The zero-order chi connectivity index (χ0) is 26.3. The number of aromatic nitrogens is 3. The van der Waals surface area contributed by atoms with Crippen LogP contribution in [0.4, 0.5) is 13.2 Å². The van der Waals surface area contributed by atoms with Crippen LogP contribution < -0.4 is 9.47 Å². The lowest BCUT2D eigenvalue weighted by atomic mass is 9.95. The van der Waals surface area contributed by atoms with E-state index in [0.29, 0.717) is 42.3 Å². The molecule has 2 heterocycles. The molecule has 194 valence electrons. The summed E-state index contributed by atoms with van der Waals surface area (Å²) >= 11 is 0. The summed E-state index contributed by atoms with van der Waals surface area (Å²) in [6.07, 6.45) is 0.963. The molecule has 0 aliphatic rings. The Balaban J connectivity index is 1.77. The van der Waals surface area contributed by atoms with Gasteiger partial charge in [0.05, 0.1) is 31.4 Å². The lowest BCUT2D eigenvalue weighted by molar-refractivity contribution is -0.138. The van der Waals surface area contributed by atoms with Gasteiger partial charge in [0.25, 0.3) is 0 Å². The first-order valence-electron chi connectivity index (χ1n) is 11.8. The molecule has 0 saturated heterocycles. The molecule has 0 bridgehead atoms. The Labute approximate surface area is 207 Å². The van der Waals surface area contributed by atoms with Crippen molar-refractivity contribution in [2.45, 2.75) is 58.0 Å². The molecule has 36 heavy (non-hydrogen) atoms. The molecule has 10 heteroatoms. The SMILES string of the molecule is CCC(CC)c1nn(-c2ccc(C(F)(F)F)cn2)cc1CCCOc1c(CC(=O)O)cccc1OC. The summed E-state index contributed by atoms with van der Waals surface area (Å²) in [5.41, 5.74) is 1.58. The summed E-state index contributed by atoms with van der Waals surface area (Å²) in [6.45, 7) is 4.46. The van der Waals surface area contributed by atoms with E-state index in [1.54, 1.807) is 18.2 Å². The number of nitrogens with zero attached hydrogens (tertiary/aromatic N) is 3. The van der Waals surface area contributed by atoms with Gasteiger partial charge in [0.2, 0.25) is 0 Å².